The maximum atomic E-state index is 12.4. The molecule has 0 saturated carbocycles. The van der Waals surface area contributed by atoms with Crippen LogP contribution in [0.4, 0.5) is 5.69 Å². The monoisotopic (exact) mass is 372 g/mol. The molecule has 0 radical (unpaired) electrons. The van der Waals surface area contributed by atoms with Crippen molar-refractivity contribution < 1.29 is 23.8 Å². The fourth-order valence-corrected chi connectivity index (χ4v) is 2.43. The number of rotatable bonds is 9. The highest BCUT2D eigenvalue weighted by molar-refractivity contribution is 6.04. The Morgan fingerprint density at radius 1 is 0.926 bits per heavy atom. The van der Waals surface area contributed by atoms with Gasteiger partial charge < -0.3 is 24.8 Å². The van der Waals surface area contributed by atoms with Gasteiger partial charge in [-0.25, -0.2) is 0 Å². The van der Waals surface area contributed by atoms with Crippen LogP contribution in [0.2, 0.25) is 0 Å². The molecule has 0 aromatic heterocycles. The average Bonchev–Trinajstić information content (AvgIpc) is 2.69. The predicted molar refractivity (Wildman–Crippen MR) is 103 cm³/mol. The van der Waals surface area contributed by atoms with Crippen molar-refractivity contribution in [1.29, 1.82) is 0 Å². The second kappa shape index (κ2) is 10.2. The van der Waals surface area contributed by atoms with Gasteiger partial charge in [0.15, 0.2) is 11.5 Å². The molecule has 0 aliphatic heterocycles. The van der Waals surface area contributed by atoms with Crippen LogP contribution in [-0.4, -0.2) is 46.3 Å². The maximum absolute atomic E-state index is 12.4. The molecule has 0 unspecified atom stereocenters. The van der Waals surface area contributed by atoms with Gasteiger partial charge in [-0.15, -0.1) is 0 Å². The van der Waals surface area contributed by atoms with Crippen LogP contribution in [0.5, 0.6) is 11.5 Å². The van der Waals surface area contributed by atoms with E-state index in [1.807, 2.05) is 0 Å². The first-order valence-corrected chi connectivity index (χ1v) is 8.45. The summed E-state index contributed by atoms with van der Waals surface area (Å²) in [5.74, 6) is 0.706. The molecule has 0 atom stereocenters. The maximum Gasteiger partial charge on any atom is 0.255 e. The lowest BCUT2D eigenvalue weighted by Crippen LogP contribution is -2.28. The Hall–Kier alpha value is -3.06. The van der Waals surface area contributed by atoms with E-state index in [9.17, 15) is 9.59 Å². The second-order valence-corrected chi connectivity index (χ2v) is 5.74. The molecule has 2 aromatic rings. The summed E-state index contributed by atoms with van der Waals surface area (Å²) in [6.07, 6.45) is 0.271. The number of benzene rings is 2. The third kappa shape index (κ3) is 6.00. The molecule has 27 heavy (non-hydrogen) atoms. The number of anilines is 1. The highest BCUT2D eigenvalue weighted by Crippen LogP contribution is 2.27. The summed E-state index contributed by atoms with van der Waals surface area (Å²) >= 11 is 0. The smallest absolute Gasteiger partial charge is 0.255 e. The van der Waals surface area contributed by atoms with Crippen molar-refractivity contribution in [2.75, 3.05) is 39.8 Å². The van der Waals surface area contributed by atoms with Gasteiger partial charge in [0.05, 0.1) is 27.2 Å². The molecular weight excluding hydrogens is 348 g/mol. The number of methoxy groups -OCH3 is 3. The largest absolute Gasteiger partial charge is 0.493 e. The standard InChI is InChI=1S/C20H24N2O5/c1-25-11-10-21-19(23)12-14-4-7-16(8-5-14)22-20(24)15-6-9-17(26-2)18(13-15)27-3/h4-9,13H,10-12H2,1-3H3,(H,21,23)(H,22,24). The Labute approximate surface area is 158 Å². The van der Waals surface area contributed by atoms with Crippen molar-refractivity contribution in [2.24, 2.45) is 0 Å². The first kappa shape index (κ1) is 20.3. The number of ether oxygens (including phenoxy) is 3. The number of hydrogen-bond donors (Lipinski definition) is 2. The normalized spacial score (nSPS) is 10.2. The fraction of sp³-hybridized carbons (Fsp3) is 0.300. The van der Waals surface area contributed by atoms with Gasteiger partial charge >= 0.3 is 0 Å². The Morgan fingerprint density at radius 2 is 1.63 bits per heavy atom. The Bertz CT molecular complexity index is 774. The van der Waals surface area contributed by atoms with E-state index >= 15 is 0 Å². The van der Waals surface area contributed by atoms with E-state index in [2.05, 4.69) is 10.6 Å². The van der Waals surface area contributed by atoms with Gasteiger partial charge in [0.1, 0.15) is 0 Å². The Kier molecular flexibility index (Phi) is 7.63. The molecule has 7 nitrogen and oxygen atoms in total. The molecule has 0 aliphatic carbocycles. The van der Waals surface area contributed by atoms with Crippen molar-refractivity contribution in [3.05, 3.63) is 53.6 Å². The van der Waals surface area contributed by atoms with E-state index in [1.54, 1.807) is 49.6 Å². The molecule has 0 heterocycles. The topological polar surface area (TPSA) is 85.9 Å². The van der Waals surface area contributed by atoms with Gasteiger partial charge in [0.2, 0.25) is 5.91 Å². The van der Waals surface area contributed by atoms with Crippen LogP contribution < -0.4 is 20.1 Å². The van der Waals surface area contributed by atoms with Crippen molar-refractivity contribution in [3.8, 4) is 11.5 Å². The molecule has 2 N–H and O–H groups in total. The number of amides is 2. The van der Waals surface area contributed by atoms with Crippen molar-refractivity contribution in [2.45, 2.75) is 6.42 Å². The van der Waals surface area contributed by atoms with E-state index in [0.29, 0.717) is 35.9 Å². The fourth-order valence-electron chi connectivity index (χ4n) is 2.43. The minimum atomic E-state index is -0.263. The molecule has 0 bridgehead atoms. The highest BCUT2D eigenvalue weighted by Gasteiger charge is 2.11. The number of carbonyl (C=O) groups is 2. The van der Waals surface area contributed by atoms with Crippen LogP contribution in [0.3, 0.4) is 0 Å². The quantitative estimate of drug-likeness (QED) is 0.660. The van der Waals surface area contributed by atoms with E-state index in [1.165, 1.54) is 14.2 Å². The van der Waals surface area contributed by atoms with Gasteiger partial charge in [-0.1, -0.05) is 12.1 Å². The van der Waals surface area contributed by atoms with Crippen molar-refractivity contribution in [1.82, 2.24) is 5.32 Å². The van der Waals surface area contributed by atoms with Crippen LogP contribution in [0, 0.1) is 0 Å². The Balaban J connectivity index is 1.95. The van der Waals surface area contributed by atoms with Gasteiger partial charge in [-0.2, -0.15) is 0 Å². The minimum absolute atomic E-state index is 0.0748. The first-order valence-electron chi connectivity index (χ1n) is 8.45. The minimum Gasteiger partial charge on any atom is -0.493 e. The van der Waals surface area contributed by atoms with E-state index < -0.39 is 0 Å². The van der Waals surface area contributed by atoms with Gasteiger partial charge in [-0.05, 0) is 35.9 Å². The van der Waals surface area contributed by atoms with Crippen LogP contribution in [0.1, 0.15) is 15.9 Å². The van der Waals surface area contributed by atoms with Crippen LogP contribution in [0.25, 0.3) is 0 Å². The molecule has 2 amide bonds. The third-order valence-electron chi connectivity index (χ3n) is 3.85. The lowest BCUT2D eigenvalue weighted by Gasteiger charge is -2.10. The average molecular weight is 372 g/mol. The van der Waals surface area contributed by atoms with Crippen molar-refractivity contribution >= 4 is 17.5 Å². The first-order chi connectivity index (χ1) is 13.1. The van der Waals surface area contributed by atoms with Crippen molar-refractivity contribution in [3.63, 3.8) is 0 Å². The molecule has 7 heteroatoms. The van der Waals surface area contributed by atoms with Gasteiger partial charge in [0, 0.05) is 24.9 Å². The van der Waals surface area contributed by atoms with Crippen LogP contribution in [-0.2, 0) is 16.0 Å². The Morgan fingerprint density at radius 3 is 2.26 bits per heavy atom. The lowest BCUT2D eigenvalue weighted by atomic mass is 10.1. The third-order valence-corrected chi connectivity index (χ3v) is 3.85. The molecule has 2 aromatic carbocycles. The molecule has 0 aliphatic rings. The van der Waals surface area contributed by atoms with Gasteiger partial charge in [0.25, 0.3) is 5.91 Å². The number of hydrogen-bond acceptors (Lipinski definition) is 5. The zero-order chi connectivity index (χ0) is 19.6. The summed E-state index contributed by atoms with van der Waals surface area (Å²) < 4.78 is 15.3. The SMILES string of the molecule is COCCNC(=O)Cc1ccc(NC(=O)c2ccc(OC)c(OC)c2)cc1. The number of carbonyl (C=O) groups excluding carboxylic acids is 2. The number of nitrogens with one attached hydrogen (secondary N) is 2. The zero-order valence-corrected chi connectivity index (χ0v) is 15.7. The molecule has 0 saturated heterocycles. The zero-order valence-electron chi connectivity index (χ0n) is 15.7. The summed E-state index contributed by atoms with van der Waals surface area (Å²) in [6, 6.07) is 12.1. The predicted octanol–water partition coefficient (Wildman–Crippen LogP) is 2.26. The summed E-state index contributed by atoms with van der Waals surface area (Å²) in [5.41, 5.74) is 1.95. The molecular formula is C20H24N2O5. The van der Waals surface area contributed by atoms with Crippen LogP contribution in [0.15, 0.2) is 42.5 Å². The summed E-state index contributed by atoms with van der Waals surface area (Å²) in [4.78, 5) is 24.2. The van der Waals surface area contributed by atoms with Crippen LogP contribution >= 0.6 is 0 Å². The summed E-state index contributed by atoms with van der Waals surface area (Å²) in [6.45, 7) is 0.960. The molecule has 2 rings (SSSR count). The molecule has 0 spiro atoms. The van der Waals surface area contributed by atoms with E-state index in [-0.39, 0.29) is 18.2 Å². The van der Waals surface area contributed by atoms with E-state index in [0.717, 1.165) is 5.56 Å². The molecule has 0 fully saturated rings. The second-order valence-electron chi connectivity index (χ2n) is 5.74. The van der Waals surface area contributed by atoms with Gasteiger partial charge in [-0.3, -0.25) is 9.59 Å². The summed E-state index contributed by atoms with van der Waals surface area (Å²) in [5, 5.41) is 5.58. The summed E-state index contributed by atoms with van der Waals surface area (Å²) in [7, 11) is 4.64. The highest BCUT2D eigenvalue weighted by atomic mass is 16.5. The van der Waals surface area contributed by atoms with E-state index in [4.69, 9.17) is 14.2 Å². The lowest BCUT2D eigenvalue weighted by molar-refractivity contribution is -0.120. The molecule has 144 valence electrons.